The number of rotatable bonds is 13. The number of nitrogens with one attached hydrogen (secondary N) is 3. The van der Waals surface area contributed by atoms with Gasteiger partial charge in [-0.2, -0.15) is 0 Å². The van der Waals surface area contributed by atoms with Crippen molar-refractivity contribution in [1.82, 2.24) is 14.7 Å². The molecule has 0 bridgehead atoms. The van der Waals surface area contributed by atoms with Crippen LogP contribution in [0, 0.1) is 10.1 Å². The van der Waals surface area contributed by atoms with Crippen LogP contribution in [0.4, 0.5) is 23.0 Å². The number of benzene rings is 2. The van der Waals surface area contributed by atoms with E-state index in [2.05, 4.69) is 71.3 Å². The van der Waals surface area contributed by atoms with Crippen LogP contribution in [0.25, 0.3) is 11.1 Å². The van der Waals surface area contributed by atoms with E-state index in [0.717, 1.165) is 28.4 Å². The van der Waals surface area contributed by atoms with Crippen LogP contribution in [0.2, 0.25) is 18.1 Å². The predicted octanol–water partition coefficient (Wildman–Crippen LogP) is 6.71. The molecule has 44 heavy (non-hydrogen) atoms. The highest BCUT2D eigenvalue weighted by molar-refractivity contribution is 7.89. The summed E-state index contributed by atoms with van der Waals surface area (Å²) in [6.07, 6.45) is 3.45. The van der Waals surface area contributed by atoms with E-state index in [1.54, 1.807) is 18.5 Å². The fraction of sp³-hybridized carbons (Fsp3) is 0.290. The largest absolute Gasteiger partial charge is 0.413 e. The van der Waals surface area contributed by atoms with E-state index in [4.69, 9.17) is 4.43 Å². The Morgan fingerprint density at radius 2 is 1.68 bits per heavy atom. The van der Waals surface area contributed by atoms with Gasteiger partial charge in [-0.3, -0.25) is 10.1 Å². The predicted molar refractivity (Wildman–Crippen MR) is 176 cm³/mol. The first kappa shape index (κ1) is 32.7. The Hall–Kier alpha value is -4.17. The Bertz CT molecular complexity index is 1710. The molecule has 11 nitrogen and oxygen atoms in total. The molecule has 3 N–H and O–H groups in total. The normalized spacial score (nSPS) is 12.1. The minimum Gasteiger partial charge on any atom is -0.413 e. The minimum atomic E-state index is -4.05. The molecule has 4 rings (SSSR count). The Morgan fingerprint density at radius 1 is 0.909 bits per heavy atom. The Morgan fingerprint density at radius 3 is 2.39 bits per heavy atom. The molecule has 0 aliphatic carbocycles. The highest BCUT2D eigenvalue weighted by Crippen LogP contribution is 2.37. The number of anilines is 3. The lowest BCUT2D eigenvalue weighted by Gasteiger charge is -2.36. The Kier molecular flexibility index (Phi) is 10.1. The van der Waals surface area contributed by atoms with Gasteiger partial charge >= 0.3 is 0 Å². The van der Waals surface area contributed by atoms with Crippen molar-refractivity contribution in [3.05, 3.63) is 101 Å². The minimum absolute atomic E-state index is 0.0147. The van der Waals surface area contributed by atoms with Gasteiger partial charge in [0.1, 0.15) is 11.6 Å². The van der Waals surface area contributed by atoms with E-state index in [0.29, 0.717) is 18.2 Å². The van der Waals surface area contributed by atoms with E-state index >= 15 is 0 Å². The SMILES string of the molecule is CC(C)(C)[Si](C)(C)OCc1cccc(Nc2cc(-c3ccc(NCCNS(=O)(=O)c4ccccc4[N+](=O)[O-])nc3)ccn2)c1. The van der Waals surface area contributed by atoms with Crippen LogP contribution in [0.15, 0.2) is 90.1 Å². The smallest absolute Gasteiger partial charge is 0.289 e. The molecule has 0 atom stereocenters. The second-order valence-electron chi connectivity index (χ2n) is 11.8. The molecule has 2 aromatic heterocycles. The van der Waals surface area contributed by atoms with Crippen molar-refractivity contribution in [2.75, 3.05) is 23.7 Å². The van der Waals surface area contributed by atoms with Crippen molar-refractivity contribution >= 4 is 41.4 Å². The number of aromatic nitrogens is 2. The van der Waals surface area contributed by atoms with E-state index in [1.165, 1.54) is 18.2 Å². The molecule has 13 heteroatoms. The van der Waals surface area contributed by atoms with Crippen molar-refractivity contribution in [2.24, 2.45) is 0 Å². The van der Waals surface area contributed by atoms with Gasteiger partial charge in [0.2, 0.25) is 10.0 Å². The molecule has 0 amide bonds. The Balaban J connectivity index is 1.33. The number of nitro groups is 1. The lowest BCUT2D eigenvalue weighted by molar-refractivity contribution is -0.387. The van der Waals surface area contributed by atoms with Crippen molar-refractivity contribution in [3.8, 4) is 11.1 Å². The number of nitrogens with zero attached hydrogens (tertiary/aromatic N) is 3. The molecule has 0 radical (unpaired) electrons. The summed E-state index contributed by atoms with van der Waals surface area (Å²) < 4.78 is 33.9. The summed E-state index contributed by atoms with van der Waals surface area (Å²) in [6.45, 7) is 12.0. The fourth-order valence-electron chi connectivity index (χ4n) is 4.00. The first-order valence-corrected chi connectivity index (χ1v) is 18.5. The first-order valence-electron chi connectivity index (χ1n) is 14.1. The number of para-hydroxylation sites is 1. The van der Waals surface area contributed by atoms with Crippen molar-refractivity contribution in [3.63, 3.8) is 0 Å². The van der Waals surface area contributed by atoms with Gasteiger partial charge in [-0.15, -0.1) is 0 Å². The van der Waals surface area contributed by atoms with Crippen LogP contribution < -0.4 is 15.4 Å². The zero-order valence-electron chi connectivity index (χ0n) is 25.5. The fourth-order valence-corrected chi connectivity index (χ4v) is 6.17. The summed E-state index contributed by atoms with van der Waals surface area (Å²) in [5.74, 6) is 1.25. The summed E-state index contributed by atoms with van der Waals surface area (Å²) in [7, 11) is -5.90. The molecule has 0 aliphatic rings. The molecule has 0 saturated heterocycles. The van der Waals surface area contributed by atoms with Gasteiger partial charge < -0.3 is 15.1 Å². The lowest BCUT2D eigenvalue weighted by Crippen LogP contribution is -2.40. The molecule has 2 aromatic carbocycles. The van der Waals surface area contributed by atoms with Crippen molar-refractivity contribution < 1.29 is 17.8 Å². The molecule has 2 heterocycles. The number of hydrogen-bond donors (Lipinski definition) is 3. The van der Waals surface area contributed by atoms with Crippen LogP contribution in [0.3, 0.4) is 0 Å². The maximum atomic E-state index is 12.6. The quantitative estimate of drug-likeness (QED) is 0.0632. The summed E-state index contributed by atoms with van der Waals surface area (Å²) >= 11 is 0. The zero-order chi connectivity index (χ0) is 32.0. The molecule has 0 spiro atoms. The number of pyridine rings is 2. The van der Waals surface area contributed by atoms with Crippen LogP contribution >= 0.6 is 0 Å². The number of hydrogen-bond acceptors (Lipinski definition) is 9. The summed E-state index contributed by atoms with van der Waals surface area (Å²) in [5.41, 5.74) is 3.35. The van der Waals surface area contributed by atoms with E-state index in [-0.39, 0.29) is 23.0 Å². The van der Waals surface area contributed by atoms with E-state index in [1.807, 2.05) is 30.3 Å². The highest BCUT2D eigenvalue weighted by atomic mass is 32.2. The van der Waals surface area contributed by atoms with Gasteiger partial charge in [0.15, 0.2) is 13.2 Å². The number of sulfonamides is 1. The van der Waals surface area contributed by atoms with Crippen molar-refractivity contribution in [2.45, 2.75) is 50.4 Å². The van der Waals surface area contributed by atoms with Gasteiger partial charge in [-0.1, -0.05) is 45.0 Å². The standard InChI is InChI=1S/C31H38N6O5SSi/c1-31(2,3)44(4,5)42-22-23-9-8-10-26(19-23)36-30-20-24(15-16-32-30)25-13-14-29(34-21-25)33-17-18-35-43(40,41)28-12-7-6-11-27(28)37(38)39/h6-16,19-21,35H,17-18,22H2,1-5H3,(H,32,36)(H,33,34). The maximum Gasteiger partial charge on any atom is 0.289 e. The van der Waals surface area contributed by atoms with Crippen LogP contribution in [-0.2, 0) is 21.1 Å². The molecule has 0 aliphatic heterocycles. The lowest BCUT2D eigenvalue weighted by atomic mass is 10.1. The molecule has 0 fully saturated rings. The molecule has 0 saturated carbocycles. The van der Waals surface area contributed by atoms with Crippen LogP contribution in [0.1, 0.15) is 26.3 Å². The molecule has 232 valence electrons. The molecular weight excluding hydrogens is 597 g/mol. The second-order valence-corrected chi connectivity index (χ2v) is 18.3. The summed E-state index contributed by atoms with van der Waals surface area (Å²) in [5, 5.41) is 17.8. The van der Waals surface area contributed by atoms with Crippen molar-refractivity contribution in [1.29, 1.82) is 0 Å². The third-order valence-electron chi connectivity index (χ3n) is 7.54. The first-order chi connectivity index (χ1) is 20.7. The van der Waals surface area contributed by atoms with Crippen LogP contribution in [0.5, 0.6) is 0 Å². The van der Waals surface area contributed by atoms with E-state index in [9.17, 15) is 18.5 Å². The topological polar surface area (TPSA) is 148 Å². The molecule has 0 unspecified atom stereocenters. The average molecular weight is 635 g/mol. The van der Waals surface area contributed by atoms with Gasteiger partial charge in [0.25, 0.3) is 5.69 Å². The summed E-state index contributed by atoms with van der Waals surface area (Å²) in [4.78, 5) is 19.0. The monoisotopic (exact) mass is 634 g/mol. The highest BCUT2D eigenvalue weighted by Gasteiger charge is 2.37. The van der Waals surface area contributed by atoms with Crippen LogP contribution in [-0.4, -0.2) is 44.7 Å². The summed E-state index contributed by atoms with van der Waals surface area (Å²) in [6, 6.07) is 20.9. The number of nitro benzene ring substituents is 1. The molecular formula is C31H38N6O5SSi. The zero-order valence-corrected chi connectivity index (χ0v) is 27.3. The van der Waals surface area contributed by atoms with Gasteiger partial charge in [-0.25, -0.2) is 23.1 Å². The van der Waals surface area contributed by atoms with E-state index < -0.39 is 29.0 Å². The third kappa shape index (κ3) is 8.47. The molecule has 4 aromatic rings. The van der Waals surface area contributed by atoms with Gasteiger partial charge in [0.05, 0.1) is 11.5 Å². The van der Waals surface area contributed by atoms with Gasteiger partial charge in [-0.05, 0) is 71.7 Å². The average Bonchev–Trinajstić information content (AvgIpc) is 2.98. The van der Waals surface area contributed by atoms with Gasteiger partial charge in [0, 0.05) is 42.8 Å². The Labute approximate surface area is 259 Å². The second kappa shape index (κ2) is 13.6. The maximum absolute atomic E-state index is 12.6. The third-order valence-corrected chi connectivity index (χ3v) is 13.5.